The highest BCUT2D eigenvalue weighted by atomic mass is 35.5. The molecule has 0 unspecified atom stereocenters. The third-order valence-electron chi connectivity index (χ3n) is 1.82. The fourth-order valence-electron chi connectivity index (χ4n) is 0.668. The molecule has 1 aliphatic carbocycles. The molecule has 0 aromatic rings. The van der Waals surface area contributed by atoms with E-state index in [0.717, 1.165) is 13.1 Å². The van der Waals surface area contributed by atoms with E-state index in [9.17, 15) is 0 Å². The highest BCUT2D eigenvalue weighted by Gasteiger charge is 2.39. The molecular formula is C5H14Cl2N2. The molecule has 0 radical (unpaired) electrons. The van der Waals surface area contributed by atoms with Crippen LogP contribution in [0.4, 0.5) is 0 Å². The Balaban J connectivity index is 0. The van der Waals surface area contributed by atoms with Crippen molar-refractivity contribution in [3.8, 4) is 0 Å². The van der Waals surface area contributed by atoms with Crippen LogP contribution in [0, 0.1) is 5.41 Å². The lowest BCUT2D eigenvalue weighted by atomic mass is 10.1. The minimum atomic E-state index is 0. The maximum Gasteiger partial charge on any atom is -0.000843 e. The summed E-state index contributed by atoms with van der Waals surface area (Å²) in [6.07, 6.45) is 2.50. The van der Waals surface area contributed by atoms with Crippen molar-refractivity contribution in [2.75, 3.05) is 13.1 Å². The smallest absolute Gasteiger partial charge is 0.000843 e. The van der Waals surface area contributed by atoms with E-state index < -0.39 is 0 Å². The molecule has 1 rings (SSSR count). The number of halogens is 2. The monoisotopic (exact) mass is 172 g/mol. The van der Waals surface area contributed by atoms with Gasteiger partial charge in [0.25, 0.3) is 0 Å². The highest BCUT2D eigenvalue weighted by Crippen LogP contribution is 2.42. The fraction of sp³-hybridized carbons (Fsp3) is 1.00. The van der Waals surface area contributed by atoms with E-state index >= 15 is 0 Å². The number of rotatable bonds is 2. The van der Waals surface area contributed by atoms with Gasteiger partial charge in [-0.1, -0.05) is 0 Å². The third-order valence-corrected chi connectivity index (χ3v) is 1.82. The van der Waals surface area contributed by atoms with Crippen molar-refractivity contribution in [1.82, 2.24) is 0 Å². The highest BCUT2D eigenvalue weighted by molar-refractivity contribution is 5.85. The van der Waals surface area contributed by atoms with Gasteiger partial charge in [0.1, 0.15) is 0 Å². The molecule has 0 atom stereocenters. The Labute approximate surface area is 68.2 Å². The van der Waals surface area contributed by atoms with Crippen LogP contribution in [0.15, 0.2) is 0 Å². The summed E-state index contributed by atoms with van der Waals surface area (Å²) in [5.41, 5.74) is 11.2. The standard InChI is InChI=1S/C5H12N2.2ClH/c6-3-5(4-7)1-2-5;;/h1-4,6-7H2;2*1H. The summed E-state index contributed by atoms with van der Waals surface area (Å²) in [6.45, 7) is 1.56. The van der Waals surface area contributed by atoms with Gasteiger partial charge in [-0.3, -0.25) is 0 Å². The minimum absolute atomic E-state index is 0. The van der Waals surface area contributed by atoms with Gasteiger partial charge in [0, 0.05) is 0 Å². The Morgan fingerprint density at radius 2 is 1.33 bits per heavy atom. The van der Waals surface area contributed by atoms with Crippen LogP contribution in [0.25, 0.3) is 0 Å². The molecule has 0 amide bonds. The van der Waals surface area contributed by atoms with Gasteiger partial charge in [-0.05, 0) is 31.3 Å². The summed E-state index contributed by atoms with van der Waals surface area (Å²) < 4.78 is 0. The molecule has 0 bridgehead atoms. The Kier molecular flexibility index (Phi) is 5.88. The van der Waals surface area contributed by atoms with Crippen LogP contribution in [0.2, 0.25) is 0 Å². The van der Waals surface area contributed by atoms with Crippen LogP contribution in [0.3, 0.4) is 0 Å². The molecule has 0 aromatic carbocycles. The van der Waals surface area contributed by atoms with E-state index in [4.69, 9.17) is 11.5 Å². The second kappa shape index (κ2) is 4.34. The van der Waals surface area contributed by atoms with Crippen molar-refractivity contribution >= 4 is 24.8 Å². The predicted molar refractivity (Wildman–Crippen MR) is 44.3 cm³/mol. The summed E-state index contributed by atoms with van der Waals surface area (Å²) >= 11 is 0. The predicted octanol–water partition coefficient (Wildman–Crippen LogP) is 0.528. The van der Waals surface area contributed by atoms with Crippen LogP contribution < -0.4 is 11.5 Å². The van der Waals surface area contributed by atoms with Crippen molar-refractivity contribution < 1.29 is 0 Å². The maximum absolute atomic E-state index is 5.40. The summed E-state index contributed by atoms with van der Waals surface area (Å²) in [5.74, 6) is 0. The van der Waals surface area contributed by atoms with E-state index in [1.165, 1.54) is 12.8 Å². The molecule has 0 aromatic heterocycles. The van der Waals surface area contributed by atoms with Gasteiger partial charge in [-0.15, -0.1) is 24.8 Å². The molecule has 9 heavy (non-hydrogen) atoms. The van der Waals surface area contributed by atoms with E-state index in [1.54, 1.807) is 0 Å². The first-order chi connectivity index (χ1) is 3.33. The average molecular weight is 173 g/mol. The van der Waals surface area contributed by atoms with Crippen molar-refractivity contribution in [3.05, 3.63) is 0 Å². The molecule has 1 saturated carbocycles. The van der Waals surface area contributed by atoms with Gasteiger partial charge >= 0.3 is 0 Å². The van der Waals surface area contributed by atoms with Gasteiger partial charge in [0.2, 0.25) is 0 Å². The molecule has 2 nitrogen and oxygen atoms in total. The van der Waals surface area contributed by atoms with Gasteiger partial charge in [0.15, 0.2) is 0 Å². The molecule has 0 saturated heterocycles. The van der Waals surface area contributed by atoms with Crippen LogP contribution in [-0.2, 0) is 0 Å². The average Bonchev–Trinajstić information content (AvgIpc) is 2.46. The van der Waals surface area contributed by atoms with Gasteiger partial charge in [0.05, 0.1) is 0 Å². The third kappa shape index (κ3) is 2.72. The lowest BCUT2D eigenvalue weighted by Crippen LogP contribution is -2.24. The quantitative estimate of drug-likeness (QED) is 0.639. The molecule has 58 valence electrons. The van der Waals surface area contributed by atoms with Crippen molar-refractivity contribution in [3.63, 3.8) is 0 Å². The first-order valence-electron chi connectivity index (χ1n) is 2.73. The summed E-state index contributed by atoms with van der Waals surface area (Å²) in [7, 11) is 0. The van der Waals surface area contributed by atoms with Crippen LogP contribution in [0.5, 0.6) is 0 Å². The zero-order valence-corrected chi connectivity index (χ0v) is 6.93. The largest absolute Gasteiger partial charge is 0.330 e. The molecule has 0 heterocycles. The Hall–Kier alpha value is 0.500. The normalized spacial score (nSPS) is 19.3. The lowest BCUT2D eigenvalue weighted by Gasteiger charge is -2.04. The molecule has 4 heteroatoms. The molecule has 1 aliphatic rings. The van der Waals surface area contributed by atoms with Crippen molar-refractivity contribution in [2.45, 2.75) is 12.8 Å². The van der Waals surface area contributed by atoms with Crippen molar-refractivity contribution in [1.29, 1.82) is 0 Å². The second-order valence-electron chi connectivity index (χ2n) is 2.41. The molecule has 0 aliphatic heterocycles. The molecular weight excluding hydrogens is 159 g/mol. The van der Waals surface area contributed by atoms with Crippen LogP contribution in [-0.4, -0.2) is 13.1 Å². The first-order valence-corrected chi connectivity index (χ1v) is 2.73. The lowest BCUT2D eigenvalue weighted by molar-refractivity contribution is 0.538. The van der Waals surface area contributed by atoms with E-state index in [1.807, 2.05) is 0 Å². The van der Waals surface area contributed by atoms with Gasteiger partial charge in [-0.25, -0.2) is 0 Å². The maximum atomic E-state index is 5.40. The Bertz CT molecular complexity index is 67.4. The van der Waals surface area contributed by atoms with Gasteiger partial charge in [-0.2, -0.15) is 0 Å². The van der Waals surface area contributed by atoms with Crippen molar-refractivity contribution in [2.24, 2.45) is 16.9 Å². The summed E-state index contributed by atoms with van der Waals surface area (Å²) in [6, 6.07) is 0. The molecule has 1 fully saturated rings. The number of hydrogen-bond acceptors (Lipinski definition) is 2. The van der Waals surface area contributed by atoms with Crippen LogP contribution in [0.1, 0.15) is 12.8 Å². The Morgan fingerprint density at radius 1 is 1.00 bits per heavy atom. The topological polar surface area (TPSA) is 52.0 Å². The number of hydrogen-bond donors (Lipinski definition) is 2. The van der Waals surface area contributed by atoms with Crippen LogP contribution >= 0.6 is 24.8 Å². The molecule has 0 spiro atoms. The Morgan fingerprint density at radius 3 is 1.33 bits per heavy atom. The van der Waals surface area contributed by atoms with E-state index in [-0.39, 0.29) is 24.8 Å². The van der Waals surface area contributed by atoms with Gasteiger partial charge < -0.3 is 11.5 Å². The second-order valence-corrected chi connectivity index (χ2v) is 2.41. The molecule has 4 N–H and O–H groups in total. The number of nitrogens with two attached hydrogens (primary N) is 2. The summed E-state index contributed by atoms with van der Waals surface area (Å²) in [4.78, 5) is 0. The van der Waals surface area contributed by atoms with E-state index in [2.05, 4.69) is 0 Å². The SMILES string of the molecule is Cl.Cl.NCC1(CN)CC1. The first kappa shape index (κ1) is 12.2. The zero-order chi connectivity index (χ0) is 5.33. The van der Waals surface area contributed by atoms with E-state index in [0.29, 0.717) is 5.41 Å². The zero-order valence-electron chi connectivity index (χ0n) is 5.30. The summed E-state index contributed by atoms with van der Waals surface area (Å²) in [5, 5.41) is 0. The minimum Gasteiger partial charge on any atom is -0.330 e. The fourth-order valence-corrected chi connectivity index (χ4v) is 0.668.